The van der Waals surface area contributed by atoms with Gasteiger partial charge >= 0.3 is 5.97 Å². The van der Waals surface area contributed by atoms with Crippen molar-refractivity contribution in [3.8, 4) is 0 Å². The van der Waals surface area contributed by atoms with Crippen LogP contribution >= 0.6 is 11.3 Å². The Morgan fingerprint density at radius 2 is 2.25 bits per heavy atom. The molecule has 1 aliphatic rings. The third kappa shape index (κ3) is 3.36. The zero-order valence-electron chi connectivity index (χ0n) is 12.0. The Labute approximate surface area is 122 Å². The first-order chi connectivity index (χ1) is 9.27. The van der Waals surface area contributed by atoms with Gasteiger partial charge in [0.05, 0.1) is 18.2 Å². The lowest BCUT2D eigenvalue weighted by molar-refractivity contribution is -0.147. The highest BCUT2D eigenvalue weighted by Crippen LogP contribution is 2.26. The molecule has 1 aromatic rings. The van der Waals surface area contributed by atoms with E-state index in [9.17, 15) is 9.59 Å². The van der Waals surface area contributed by atoms with E-state index in [4.69, 9.17) is 5.11 Å². The lowest BCUT2D eigenvalue weighted by Crippen LogP contribution is -2.42. The first kappa shape index (κ1) is 15.0. The van der Waals surface area contributed by atoms with Crippen LogP contribution in [0.3, 0.4) is 0 Å². The minimum atomic E-state index is -0.822. The topological polar surface area (TPSA) is 70.5 Å². The van der Waals surface area contributed by atoms with E-state index in [0.29, 0.717) is 25.9 Å². The molecule has 0 bridgehead atoms. The SMILES string of the molecule is CC(C)(C)c1csc(CN2CC(C(=O)O)CCC2=O)n1. The standard InChI is InChI=1S/C14H20N2O3S/c1-14(2,3)10-8-20-11(15-10)7-16-6-9(13(18)19)4-5-12(16)17/h8-9H,4-7H2,1-3H3,(H,18,19). The third-order valence-electron chi connectivity index (χ3n) is 3.50. The van der Waals surface area contributed by atoms with E-state index in [1.165, 1.54) is 11.3 Å². The number of hydrogen-bond acceptors (Lipinski definition) is 4. The molecule has 2 rings (SSSR count). The molecular formula is C14H20N2O3S. The van der Waals surface area contributed by atoms with Gasteiger partial charge in [-0.2, -0.15) is 0 Å². The van der Waals surface area contributed by atoms with Crippen molar-refractivity contribution in [3.05, 3.63) is 16.1 Å². The number of aromatic nitrogens is 1. The van der Waals surface area contributed by atoms with Gasteiger partial charge in [0.2, 0.25) is 5.91 Å². The van der Waals surface area contributed by atoms with Gasteiger partial charge in [0.25, 0.3) is 0 Å². The zero-order valence-corrected chi connectivity index (χ0v) is 12.9. The highest BCUT2D eigenvalue weighted by molar-refractivity contribution is 7.09. The van der Waals surface area contributed by atoms with Crippen LogP contribution in [0.5, 0.6) is 0 Å². The van der Waals surface area contributed by atoms with Gasteiger partial charge in [-0.15, -0.1) is 11.3 Å². The number of thiazole rings is 1. The number of carboxylic acids is 1. The van der Waals surface area contributed by atoms with Crippen LogP contribution in [0.15, 0.2) is 5.38 Å². The van der Waals surface area contributed by atoms with Gasteiger partial charge in [0.15, 0.2) is 0 Å². The highest BCUT2D eigenvalue weighted by Gasteiger charge is 2.30. The van der Waals surface area contributed by atoms with Gasteiger partial charge in [0, 0.05) is 23.8 Å². The smallest absolute Gasteiger partial charge is 0.308 e. The lowest BCUT2D eigenvalue weighted by Gasteiger charge is -2.29. The lowest BCUT2D eigenvalue weighted by atomic mass is 9.93. The molecule has 0 saturated carbocycles. The van der Waals surface area contributed by atoms with Crippen LogP contribution in [0.25, 0.3) is 0 Å². The normalized spacial score (nSPS) is 20.2. The van der Waals surface area contributed by atoms with E-state index >= 15 is 0 Å². The van der Waals surface area contributed by atoms with Crippen LogP contribution in [0.1, 0.15) is 44.3 Å². The second-order valence-electron chi connectivity index (χ2n) is 6.22. The second-order valence-corrected chi connectivity index (χ2v) is 7.17. The molecule has 2 heterocycles. The fourth-order valence-corrected chi connectivity index (χ4v) is 3.20. The summed E-state index contributed by atoms with van der Waals surface area (Å²) >= 11 is 1.53. The summed E-state index contributed by atoms with van der Waals surface area (Å²) in [6.45, 7) is 7.00. The van der Waals surface area contributed by atoms with E-state index in [-0.39, 0.29) is 11.3 Å². The summed E-state index contributed by atoms with van der Waals surface area (Å²) in [5.41, 5.74) is 1.00. The summed E-state index contributed by atoms with van der Waals surface area (Å²) in [6.07, 6.45) is 0.754. The molecule has 6 heteroatoms. The van der Waals surface area contributed by atoms with Crippen molar-refractivity contribution in [2.24, 2.45) is 5.92 Å². The van der Waals surface area contributed by atoms with E-state index in [1.807, 2.05) is 5.38 Å². The minimum absolute atomic E-state index is 0.00967. The van der Waals surface area contributed by atoms with Gasteiger partial charge in [-0.1, -0.05) is 20.8 Å². The van der Waals surface area contributed by atoms with Crippen molar-refractivity contribution < 1.29 is 14.7 Å². The van der Waals surface area contributed by atoms with Gasteiger partial charge in [-0.05, 0) is 6.42 Å². The highest BCUT2D eigenvalue weighted by atomic mass is 32.1. The number of nitrogens with zero attached hydrogens (tertiary/aromatic N) is 2. The molecule has 20 heavy (non-hydrogen) atoms. The first-order valence-corrected chi connectivity index (χ1v) is 7.61. The van der Waals surface area contributed by atoms with Gasteiger partial charge in [-0.3, -0.25) is 9.59 Å². The first-order valence-electron chi connectivity index (χ1n) is 6.73. The quantitative estimate of drug-likeness (QED) is 0.929. The predicted molar refractivity (Wildman–Crippen MR) is 76.6 cm³/mol. The maximum Gasteiger partial charge on any atom is 0.308 e. The summed E-state index contributed by atoms with van der Waals surface area (Å²) in [7, 11) is 0. The zero-order chi connectivity index (χ0) is 14.9. The number of carbonyl (C=O) groups is 2. The Morgan fingerprint density at radius 3 is 2.80 bits per heavy atom. The average molecular weight is 296 g/mol. The van der Waals surface area contributed by atoms with E-state index in [0.717, 1.165) is 10.7 Å². The molecule has 1 aliphatic heterocycles. The fraction of sp³-hybridized carbons (Fsp3) is 0.643. The molecule has 0 aromatic carbocycles. The number of hydrogen-bond donors (Lipinski definition) is 1. The number of aliphatic carboxylic acids is 1. The van der Waals surface area contributed by atoms with Crippen LogP contribution in [0.4, 0.5) is 0 Å². The van der Waals surface area contributed by atoms with Crippen LogP contribution in [-0.2, 0) is 21.5 Å². The molecule has 1 amide bonds. The molecule has 1 aromatic heterocycles. The predicted octanol–water partition coefficient (Wildman–Crippen LogP) is 2.26. The summed E-state index contributed by atoms with van der Waals surface area (Å²) in [4.78, 5) is 29.1. The number of carbonyl (C=O) groups excluding carboxylic acids is 1. The molecule has 1 fully saturated rings. The van der Waals surface area contributed by atoms with Crippen LogP contribution in [0, 0.1) is 5.92 Å². The number of piperidine rings is 1. The number of rotatable bonds is 3. The van der Waals surface area contributed by atoms with E-state index in [1.54, 1.807) is 4.90 Å². The molecule has 5 nitrogen and oxygen atoms in total. The number of carboxylic acid groups (broad SMARTS) is 1. The monoisotopic (exact) mass is 296 g/mol. The summed E-state index contributed by atoms with van der Waals surface area (Å²) in [5.74, 6) is -1.25. The molecule has 0 radical (unpaired) electrons. The Morgan fingerprint density at radius 1 is 1.55 bits per heavy atom. The number of likely N-dealkylation sites (tertiary alicyclic amines) is 1. The van der Waals surface area contributed by atoms with Crippen molar-refractivity contribution in [3.63, 3.8) is 0 Å². The van der Waals surface area contributed by atoms with Gasteiger partial charge in [0.1, 0.15) is 5.01 Å². The summed E-state index contributed by atoms with van der Waals surface area (Å²) in [6, 6.07) is 0. The Bertz CT molecular complexity index is 519. The largest absolute Gasteiger partial charge is 0.481 e. The Hall–Kier alpha value is -1.43. The Balaban J connectivity index is 2.06. The molecule has 0 spiro atoms. The number of amides is 1. The summed E-state index contributed by atoms with van der Waals surface area (Å²) < 4.78 is 0. The van der Waals surface area contributed by atoms with Crippen LogP contribution in [-0.4, -0.2) is 33.4 Å². The molecule has 1 saturated heterocycles. The fourth-order valence-electron chi connectivity index (χ4n) is 2.16. The van der Waals surface area contributed by atoms with Crippen molar-refractivity contribution in [2.75, 3.05) is 6.54 Å². The van der Waals surface area contributed by atoms with Gasteiger partial charge in [-0.25, -0.2) is 4.98 Å². The van der Waals surface area contributed by atoms with Crippen molar-refractivity contribution in [2.45, 2.75) is 45.6 Å². The molecule has 0 aliphatic carbocycles. The maximum absolute atomic E-state index is 11.9. The third-order valence-corrected chi connectivity index (χ3v) is 4.33. The van der Waals surface area contributed by atoms with E-state index in [2.05, 4.69) is 25.8 Å². The second kappa shape index (κ2) is 5.52. The van der Waals surface area contributed by atoms with Crippen LogP contribution in [0.2, 0.25) is 0 Å². The molecular weight excluding hydrogens is 276 g/mol. The van der Waals surface area contributed by atoms with Crippen molar-refractivity contribution >= 4 is 23.2 Å². The minimum Gasteiger partial charge on any atom is -0.481 e. The molecule has 110 valence electrons. The van der Waals surface area contributed by atoms with Crippen LogP contribution < -0.4 is 0 Å². The van der Waals surface area contributed by atoms with E-state index < -0.39 is 11.9 Å². The molecule has 1 N–H and O–H groups in total. The molecule has 1 unspecified atom stereocenters. The van der Waals surface area contributed by atoms with Crippen molar-refractivity contribution in [1.82, 2.24) is 9.88 Å². The average Bonchev–Trinajstić information content (AvgIpc) is 2.80. The maximum atomic E-state index is 11.9. The van der Waals surface area contributed by atoms with Gasteiger partial charge < -0.3 is 10.0 Å². The van der Waals surface area contributed by atoms with Crippen molar-refractivity contribution in [1.29, 1.82) is 0 Å². The summed E-state index contributed by atoms with van der Waals surface area (Å²) in [5, 5.41) is 12.0. The Kier molecular flexibility index (Phi) is 4.13. The molecule has 1 atom stereocenters.